The fourth-order valence-electron chi connectivity index (χ4n) is 5.03. The van der Waals surface area contributed by atoms with Crippen molar-refractivity contribution in [2.24, 2.45) is 5.92 Å². The number of thiazole rings is 1. The first kappa shape index (κ1) is 30.3. The van der Waals surface area contributed by atoms with Crippen molar-refractivity contribution in [2.75, 3.05) is 32.1 Å². The molecule has 0 aliphatic carbocycles. The molecule has 0 saturated carbocycles. The van der Waals surface area contributed by atoms with Gasteiger partial charge in [-0.05, 0) is 55.9 Å². The topological polar surface area (TPSA) is 95.0 Å². The number of hydrogen-bond donors (Lipinski definition) is 2. The van der Waals surface area contributed by atoms with Crippen LogP contribution in [-0.4, -0.2) is 70.6 Å². The van der Waals surface area contributed by atoms with Gasteiger partial charge in [0.25, 0.3) is 11.8 Å². The van der Waals surface area contributed by atoms with Gasteiger partial charge in [-0.2, -0.15) is 0 Å². The zero-order valence-corrected chi connectivity index (χ0v) is 25.8. The van der Waals surface area contributed by atoms with E-state index in [4.69, 9.17) is 27.9 Å². The molecule has 3 atom stereocenters. The molecule has 0 saturated heterocycles. The first-order valence-corrected chi connectivity index (χ1v) is 15.2. The molecule has 8 nitrogen and oxygen atoms in total. The molecule has 0 spiro atoms. The highest BCUT2D eigenvalue weighted by atomic mass is 35.5. The van der Waals surface area contributed by atoms with Crippen LogP contribution in [0.4, 0.5) is 5.69 Å². The van der Waals surface area contributed by atoms with E-state index in [0.717, 1.165) is 15.8 Å². The van der Waals surface area contributed by atoms with Gasteiger partial charge in [0, 0.05) is 25.6 Å². The Morgan fingerprint density at radius 1 is 1.19 bits per heavy atom. The summed E-state index contributed by atoms with van der Waals surface area (Å²) in [4.78, 5) is 35.4. The van der Waals surface area contributed by atoms with Gasteiger partial charge in [-0.1, -0.05) is 54.4 Å². The summed E-state index contributed by atoms with van der Waals surface area (Å²) in [5.74, 6) is -0.450. The molecule has 2 amide bonds. The van der Waals surface area contributed by atoms with Crippen LogP contribution in [0.15, 0.2) is 60.7 Å². The minimum absolute atomic E-state index is 0.0969. The van der Waals surface area contributed by atoms with Crippen LogP contribution in [0, 0.1) is 5.92 Å². The number of hydrogen-bond acceptors (Lipinski definition) is 7. The normalized spacial score (nSPS) is 17.9. The average molecular weight is 628 g/mol. The number of carbonyl (C=O) groups excluding carboxylic acids is 2. The SMILES string of the molecule is C[C@H]1CN([C@@H](C)CO)C(=O)c2cccc(NC(=O)c3nc4ccccc4s3)c2O[C@H]1CN(C)Cc1ccc(Cl)c(Cl)c1. The number of halogens is 2. The minimum atomic E-state index is -0.401. The molecule has 1 aliphatic heterocycles. The van der Waals surface area contributed by atoms with Crippen molar-refractivity contribution in [3.8, 4) is 5.75 Å². The standard InChI is InChI=1S/C31H32Cl2N4O4S/c1-18-14-37(19(2)17-38)31(40)21-7-6-9-25(34-29(39)30-35-24-8-4-5-10-27(24)42-30)28(21)41-26(18)16-36(3)15-20-11-12-22(32)23(33)13-20/h4-13,18-19,26,38H,14-17H2,1-3H3,(H,34,39)/t18-,19-,26-/m0/s1. The molecule has 5 rings (SSSR count). The van der Waals surface area contributed by atoms with Gasteiger partial charge in [-0.25, -0.2) is 4.98 Å². The average Bonchev–Trinajstić information content (AvgIpc) is 3.41. The first-order chi connectivity index (χ1) is 20.1. The fraction of sp³-hybridized carbons (Fsp3) is 0.323. The Morgan fingerprint density at radius 2 is 1.98 bits per heavy atom. The largest absolute Gasteiger partial charge is 0.486 e. The molecule has 4 aromatic rings. The van der Waals surface area contributed by atoms with Gasteiger partial charge < -0.3 is 20.1 Å². The Kier molecular flexibility index (Phi) is 9.35. The van der Waals surface area contributed by atoms with E-state index in [1.54, 1.807) is 29.2 Å². The number of ether oxygens (including phenoxy) is 1. The number of aliphatic hydroxyl groups is 1. The fourth-order valence-corrected chi connectivity index (χ4v) is 6.21. The van der Waals surface area contributed by atoms with E-state index in [2.05, 4.69) is 15.2 Å². The molecule has 42 heavy (non-hydrogen) atoms. The number of nitrogens with one attached hydrogen (secondary N) is 1. The summed E-state index contributed by atoms with van der Waals surface area (Å²) in [6.07, 6.45) is -0.349. The van der Waals surface area contributed by atoms with Gasteiger partial charge in [-0.15, -0.1) is 11.3 Å². The highest BCUT2D eigenvalue weighted by Gasteiger charge is 2.34. The molecule has 0 fully saturated rings. The number of carbonyl (C=O) groups is 2. The first-order valence-electron chi connectivity index (χ1n) is 13.7. The maximum Gasteiger partial charge on any atom is 0.284 e. The van der Waals surface area contributed by atoms with E-state index in [1.165, 1.54) is 11.3 Å². The summed E-state index contributed by atoms with van der Waals surface area (Å²) in [6.45, 7) is 5.18. The second-order valence-electron chi connectivity index (χ2n) is 10.7. The molecular formula is C31H32Cl2N4O4S. The van der Waals surface area contributed by atoms with Crippen LogP contribution in [-0.2, 0) is 6.54 Å². The molecule has 220 valence electrons. The Bertz CT molecular complexity index is 1580. The summed E-state index contributed by atoms with van der Waals surface area (Å²) >= 11 is 13.6. The Hall–Kier alpha value is -3.21. The van der Waals surface area contributed by atoms with Crippen molar-refractivity contribution < 1.29 is 19.4 Å². The number of para-hydroxylation sites is 2. The Balaban J connectivity index is 1.46. The Labute approximate surface area is 258 Å². The second-order valence-corrected chi connectivity index (χ2v) is 12.5. The molecule has 2 heterocycles. The maximum atomic E-state index is 13.8. The van der Waals surface area contributed by atoms with E-state index in [1.807, 2.05) is 57.3 Å². The summed E-state index contributed by atoms with van der Waals surface area (Å²) < 4.78 is 7.54. The van der Waals surface area contributed by atoms with E-state index in [0.29, 0.717) is 51.7 Å². The summed E-state index contributed by atoms with van der Waals surface area (Å²) in [5, 5.41) is 14.2. The summed E-state index contributed by atoms with van der Waals surface area (Å²) in [7, 11) is 1.98. The third-order valence-corrected chi connectivity index (χ3v) is 9.13. The van der Waals surface area contributed by atoms with E-state index < -0.39 is 6.04 Å². The van der Waals surface area contributed by atoms with Gasteiger partial charge >= 0.3 is 0 Å². The van der Waals surface area contributed by atoms with E-state index in [9.17, 15) is 14.7 Å². The molecule has 2 N–H and O–H groups in total. The molecule has 0 bridgehead atoms. The van der Waals surface area contributed by atoms with Gasteiger partial charge in [0.15, 0.2) is 10.8 Å². The number of likely N-dealkylation sites (N-methyl/N-ethyl adjacent to an activating group) is 1. The van der Waals surface area contributed by atoms with E-state index >= 15 is 0 Å². The lowest BCUT2D eigenvalue weighted by Crippen LogP contribution is -2.49. The molecular weight excluding hydrogens is 595 g/mol. The number of aliphatic hydroxyl groups excluding tert-OH is 1. The summed E-state index contributed by atoms with van der Waals surface area (Å²) in [6, 6.07) is 17.8. The van der Waals surface area contributed by atoms with Crippen molar-refractivity contribution in [1.82, 2.24) is 14.8 Å². The van der Waals surface area contributed by atoms with Crippen LogP contribution in [0.1, 0.15) is 39.6 Å². The lowest BCUT2D eigenvalue weighted by molar-refractivity contribution is 0.0343. The number of rotatable bonds is 8. The van der Waals surface area contributed by atoms with Crippen LogP contribution in [0.25, 0.3) is 10.2 Å². The quantitative estimate of drug-likeness (QED) is 0.241. The second kappa shape index (κ2) is 13.0. The lowest BCUT2D eigenvalue weighted by Gasteiger charge is -2.38. The molecule has 0 radical (unpaired) electrons. The molecule has 3 aromatic carbocycles. The predicted molar refractivity (Wildman–Crippen MR) is 168 cm³/mol. The number of amides is 2. The monoisotopic (exact) mass is 626 g/mol. The van der Waals surface area contributed by atoms with Gasteiger partial charge in [0.1, 0.15) is 6.10 Å². The Morgan fingerprint density at radius 3 is 2.71 bits per heavy atom. The number of anilines is 1. The smallest absolute Gasteiger partial charge is 0.284 e. The zero-order valence-electron chi connectivity index (χ0n) is 23.5. The summed E-state index contributed by atoms with van der Waals surface area (Å²) in [5.41, 5.74) is 2.45. The van der Waals surface area contributed by atoms with Crippen LogP contribution in [0.3, 0.4) is 0 Å². The van der Waals surface area contributed by atoms with Crippen LogP contribution in [0.2, 0.25) is 10.0 Å². The van der Waals surface area contributed by atoms with Crippen molar-refractivity contribution in [3.05, 3.63) is 86.8 Å². The highest BCUT2D eigenvalue weighted by Crippen LogP contribution is 2.36. The molecule has 0 unspecified atom stereocenters. The third kappa shape index (κ3) is 6.55. The zero-order chi connectivity index (χ0) is 30.0. The van der Waals surface area contributed by atoms with Gasteiger partial charge in [-0.3, -0.25) is 14.5 Å². The number of fused-ring (bicyclic) bond motifs is 2. The predicted octanol–water partition coefficient (Wildman–Crippen LogP) is 6.21. The third-order valence-electron chi connectivity index (χ3n) is 7.36. The minimum Gasteiger partial charge on any atom is -0.486 e. The van der Waals surface area contributed by atoms with Crippen LogP contribution >= 0.6 is 34.5 Å². The van der Waals surface area contributed by atoms with Gasteiger partial charge in [0.05, 0.1) is 44.2 Å². The van der Waals surface area contributed by atoms with Crippen LogP contribution < -0.4 is 10.1 Å². The number of aromatic nitrogens is 1. The molecule has 11 heteroatoms. The maximum absolute atomic E-state index is 13.8. The van der Waals surface area contributed by atoms with Gasteiger partial charge in [0.2, 0.25) is 0 Å². The molecule has 1 aromatic heterocycles. The lowest BCUT2D eigenvalue weighted by atomic mass is 9.98. The highest BCUT2D eigenvalue weighted by molar-refractivity contribution is 7.20. The van der Waals surface area contributed by atoms with E-state index in [-0.39, 0.29) is 30.4 Å². The van der Waals surface area contributed by atoms with Crippen molar-refractivity contribution in [1.29, 1.82) is 0 Å². The van der Waals surface area contributed by atoms with Crippen molar-refractivity contribution in [2.45, 2.75) is 32.5 Å². The number of nitrogens with zero attached hydrogens (tertiary/aromatic N) is 3. The van der Waals surface area contributed by atoms with Crippen LogP contribution in [0.5, 0.6) is 5.75 Å². The van der Waals surface area contributed by atoms with Crippen molar-refractivity contribution in [3.63, 3.8) is 0 Å². The van der Waals surface area contributed by atoms with Crippen molar-refractivity contribution >= 4 is 62.3 Å². The molecule has 1 aliphatic rings. The number of benzene rings is 3.